The van der Waals surface area contributed by atoms with E-state index in [2.05, 4.69) is 17.9 Å². The van der Waals surface area contributed by atoms with Crippen LogP contribution in [0.15, 0.2) is 18.2 Å². The Morgan fingerprint density at radius 2 is 1.94 bits per heavy atom. The highest BCUT2D eigenvalue weighted by Crippen LogP contribution is 2.26. The zero-order chi connectivity index (χ0) is 12.3. The normalized spacial score (nSPS) is 17.5. The number of aliphatic hydroxyl groups excluding tert-OH is 2. The molecule has 0 aromatic heterocycles. The fourth-order valence-electron chi connectivity index (χ4n) is 2.53. The first-order valence-electron chi connectivity index (χ1n) is 6.30. The third-order valence-corrected chi connectivity index (χ3v) is 3.66. The molecule has 0 atom stereocenters. The molecule has 3 nitrogen and oxygen atoms in total. The van der Waals surface area contributed by atoms with Crippen molar-refractivity contribution >= 4 is 5.69 Å². The molecule has 0 radical (unpaired) electrons. The second-order valence-electron chi connectivity index (χ2n) is 4.89. The highest BCUT2D eigenvalue weighted by Gasteiger charge is 2.19. The molecule has 1 saturated heterocycles. The maximum absolute atomic E-state index is 9.12. The molecule has 1 heterocycles. The van der Waals surface area contributed by atoms with E-state index >= 15 is 0 Å². The van der Waals surface area contributed by atoms with E-state index in [1.54, 1.807) is 0 Å². The number of piperidine rings is 1. The zero-order valence-electron chi connectivity index (χ0n) is 10.4. The lowest BCUT2D eigenvalue weighted by Gasteiger charge is -2.34. The summed E-state index contributed by atoms with van der Waals surface area (Å²) in [6.45, 7) is 4.55. The van der Waals surface area contributed by atoms with Crippen LogP contribution in [0.25, 0.3) is 0 Å². The maximum atomic E-state index is 9.12. The summed E-state index contributed by atoms with van der Waals surface area (Å²) in [4.78, 5) is 2.38. The maximum Gasteiger partial charge on any atom is 0.0681 e. The highest BCUT2D eigenvalue weighted by atomic mass is 16.3. The largest absolute Gasteiger partial charge is 0.396 e. The van der Waals surface area contributed by atoms with Gasteiger partial charge in [-0.2, -0.15) is 0 Å². The van der Waals surface area contributed by atoms with Crippen molar-refractivity contribution in [3.05, 3.63) is 29.3 Å². The van der Waals surface area contributed by atoms with Gasteiger partial charge in [0.2, 0.25) is 0 Å². The lowest BCUT2D eigenvalue weighted by molar-refractivity contribution is 0.203. The predicted molar refractivity (Wildman–Crippen MR) is 69.1 cm³/mol. The van der Waals surface area contributed by atoms with Crippen molar-refractivity contribution in [3.63, 3.8) is 0 Å². The SMILES string of the molecule is Cc1cc(CO)ccc1N1CCC(CO)CC1. The van der Waals surface area contributed by atoms with Crippen LogP contribution >= 0.6 is 0 Å². The first kappa shape index (κ1) is 12.4. The monoisotopic (exact) mass is 235 g/mol. The van der Waals surface area contributed by atoms with Crippen LogP contribution in [0.5, 0.6) is 0 Å². The fourth-order valence-corrected chi connectivity index (χ4v) is 2.53. The number of hydrogen-bond donors (Lipinski definition) is 2. The molecule has 17 heavy (non-hydrogen) atoms. The highest BCUT2D eigenvalue weighted by molar-refractivity contribution is 5.54. The molecule has 1 aliphatic rings. The Bertz CT molecular complexity index is 370. The van der Waals surface area contributed by atoms with Gasteiger partial charge in [0, 0.05) is 25.4 Å². The molecular weight excluding hydrogens is 214 g/mol. The van der Waals surface area contributed by atoms with Gasteiger partial charge in [-0.15, -0.1) is 0 Å². The van der Waals surface area contributed by atoms with Crippen molar-refractivity contribution in [2.45, 2.75) is 26.4 Å². The van der Waals surface area contributed by atoms with Crippen LogP contribution in [-0.4, -0.2) is 29.9 Å². The molecule has 2 rings (SSSR count). The van der Waals surface area contributed by atoms with Crippen LogP contribution in [0.4, 0.5) is 5.69 Å². The zero-order valence-corrected chi connectivity index (χ0v) is 10.4. The molecule has 3 heteroatoms. The Balaban J connectivity index is 2.08. The van der Waals surface area contributed by atoms with E-state index in [1.807, 2.05) is 12.1 Å². The molecule has 1 fully saturated rings. The quantitative estimate of drug-likeness (QED) is 0.838. The predicted octanol–water partition coefficient (Wildman–Crippen LogP) is 1.70. The molecule has 1 aromatic rings. The van der Waals surface area contributed by atoms with Gasteiger partial charge in [0.1, 0.15) is 0 Å². The second kappa shape index (κ2) is 5.52. The van der Waals surface area contributed by atoms with Crippen LogP contribution in [-0.2, 0) is 6.61 Å². The van der Waals surface area contributed by atoms with E-state index < -0.39 is 0 Å². The molecule has 0 unspecified atom stereocenters. The first-order chi connectivity index (χ1) is 8.24. The number of nitrogens with zero attached hydrogens (tertiary/aromatic N) is 1. The van der Waals surface area contributed by atoms with Crippen LogP contribution in [0.2, 0.25) is 0 Å². The van der Waals surface area contributed by atoms with Gasteiger partial charge in [0.15, 0.2) is 0 Å². The van der Waals surface area contributed by atoms with E-state index in [-0.39, 0.29) is 6.61 Å². The van der Waals surface area contributed by atoms with Crippen molar-refractivity contribution in [3.8, 4) is 0 Å². The Morgan fingerprint density at radius 3 is 2.47 bits per heavy atom. The Hall–Kier alpha value is -1.06. The van der Waals surface area contributed by atoms with Crippen molar-refractivity contribution < 1.29 is 10.2 Å². The lowest BCUT2D eigenvalue weighted by Crippen LogP contribution is -2.35. The Labute approximate surface area is 103 Å². The fraction of sp³-hybridized carbons (Fsp3) is 0.571. The van der Waals surface area contributed by atoms with Gasteiger partial charge in [-0.1, -0.05) is 12.1 Å². The van der Waals surface area contributed by atoms with Gasteiger partial charge < -0.3 is 15.1 Å². The van der Waals surface area contributed by atoms with Gasteiger partial charge in [-0.05, 0) is 42.9 Å². The number of aliphatic hydroxyl groups is 2. The summed E-state index contributed by atoms with van der Waals surface area (Å²) in [5.74, 6) is 0.475. The lowest BCUT2D eigenvalue weighted by atomic mass is 9.96. The van der Waals surface area contributed by atoms with E-state index in [9.17, 15) is 0 Å². The van der Waals surface area contributed by atoms with Crippen LogP contribution in [0.3, 0.4) is 0 Å². The number of benzene rings is 1. The number of hydrogen-bond acceptors (Lipinski definition) is 3. The first-order valence-corrected chi connectivity index (χ1v) is 6.30. The second-order valence-corrected chi connectivity index (χ2v) is 4.89. The Kier molecular flexibility index (Phi) is 4.02. The summed E-state index contributed by atoms with van der Waals surface area (Å²) < 4.78 is 0. The summed E-state index contributed by atoms with van der Waals surface area (Å²) in [5, 5.41) is 18.2. The van der Waals surface area contributed by atoms with Gasteiger partial charge in [-0.3, -0.25) is 0 Å². The van der Waals surface area contributed by atoms with Crippen molar-refractivity contribution in [2.75, 3.05) is 24.6 Å². The third-order valence-electron chi connectivity index (χ3n) is 3.66. The summed E-state index contributed by atoms with van der Waals surface area (Å²) in [6.07, 6.45) is 2.13. The average Bonchev–Trinajstić information content (AvgIpc) is 2.39. The van der Waals surface area contributed by atoms with Crippen LogP contribution in [0.1, 0.15) is 24.0 Å². The standard InChI is InChI=1S/C14H21NO2/c1-11-8-13(10-17)2-3-14(11)15-6-4-12(9-16)5-7-15/h2-3,8,12,16-17H,4-7,9-10H2,1H3. The summed E-state index contributed by atoms with van der Waals surface area (Å²) in [6, 6.07) is 6.13. The van der Waals surface area contributed by atoms with Gasteiger partial charge in [0.25, 0.3) is 0 Å². The number of aryl methyl sites for hydroxylation is 1. The minimum absolute atomic E-state index is 0.105. The van der Waals surface area contributed by atoms with Crippen LogP contribution < -0.4 is 4.90 Å². The molecule has 2 N–H and O–H groups in total. The number of anilines is 1. The molecule has 0 bridgehead atoms. The molecule has 0 aliphatic carbocycles. The van der Waals surface area contributed by atoms with E-state index in [0.717, 1.165) is 31.5 Å². The molecule has 0 saturated carbocycles. The minimum atomic E-state index is 0.105. The number of rotatable bonds is 3. The van der Waals surface area contributed by atoms with Gasteiger partial charge in [-0.25, -0.2) is 0 Å². The third kappa shape index (κ3) is 2.79. The Morgan fingerprint density at radius 1 is 1.24 bits per heavy atom. The summed E-state index contributed by atoms with van der Waals surface area (Å²) in [7, 11) is 0. The smallest absolute Gasteiger partial charge is 0.0681 e. The molecule has 0 amide bonds. The van der Waals surface area contributed by atoms with E-state index in [1.165, 1.54) is 11.3 Å². The molecule has 94 valence electrons. The van der Waals surface area contributed by atoms with E-state index in [0.29, 0.717) is 12.5 Å². The van der Waals surface area contributed by atoms with Crippen LogP contribution in [0, 0.1) is 12.8 Å². The topological polar surface area (TPSA) is 43.7 Å². The molecule has 0 spiro atoms. The van der Waals surface area contributed by atoms with Gasteiger partial charge in [0.05, 0.1) is 6.61 Å². The van der Waals surface area contributed by atoms with Gasteiger partial charge >= 0.3 is 0 Å². The van der Waals surface area contributed by atoms with Crippen molar-refractivity contribution in [1.82, 2.24) is 0 Å². The summed E-state index contributed by atoms with van der Waals surface area (Å²) >= 11 is 0. The molecule has 1 aromatic carbocycles. The van der Waals surface area contributed by atoms with E-state index in [4.69, 9.17) is 10.2 Å². The minimum Gasteiger partial charge on any atom is -0.396 e. The molecular formula is C14H21NO2. The molecule has 1 aliphatic heterocycles. The summed E-state index contributed by atoms with van der Waals surface area (Å²) in [5.41, 5.74) is 3.45. The van der Waals surface area contributed by atoms with Crippen molar-refractivity contribution in [2.24, 2.45) is 5.92 Å². The van der Waals surface area contributed by atoms with Crippen molar-refractivity contribution in [1.29, 1.82) is 0 Å². The average molecular weight is 235 g/mol.